The van der Waals surface area contributed by atoms with Crippen LogP contribution in [0.5, 0.6) is 0 Å². The average Bonchev–Trinajstić information content (AvgIpc) is 3.61. The summed E-state index contributed by atoms with van der Waals surface area (Å²) in [4.78, 5) is 13.6. The van der Waals surface area contributed by atoms with Crippen LogP contribution in [0.2, 0.25) is 0 Å². The molecule has 0 unspecified atom stereocenters. The van der Waals surface area contributed by atoms with Crippen molar-refractivity contribution in [2.45, 2.75) is 0 Å². The van der Waals surface area contributed by atoms with E-state index in [0.29, 0.717) is 23.4 Å². The van der Waals surface area contributed by atoms with Gasteiger partial charge in [0, 0.05) is 22.8 Å². The Balaban J connectivity index is 0.00000252. The van der Waals surface area contributed by atoms with Gasteiger partial charge in [0.2, 0.25) is 0 Å². The van der Waals surface area contributed by atoms with Gasteiger partial charge in [0.05, 0.1) is 12.5 Å². The van der Waals surface area contributed by atoms with Crippen molar-refractivity contribution in [3.8, 4) is 22.5 Å². The van der Waals surface area contributed by atoms with Crippen LogP contribution in [0.1, 0.15) is 0 Å². The van der Waals surface area contributed by atoms with Gasteiger partial charge in [-0.25, -0.2) is 9.97 Å². The fourth-order valence-electron chi connectivity index (χ4n) is 4.31. The number of nitrogens with zero attached hydrogens (tertiary/aromatic N) is 4. The molecule has 0 atom stereocenters. The molecule has 2 aromatic heterocycles. The molecule has 1 aliphatic heterocycles. The zero-order valence-corrected chi connectivity index (χ0v) is 21.6. The molecule has 0 amide bonds. The molecule has 4 aromatic carbocycles. The van der Waals surface area contributed by atoms with Gasteiger partial charge < -0.3 is 8.83 Å². The molecular weight excluding hydrogens is 643 g/mol. The summed E-state index contributed by atoms with van der Waals surface area (Å²) in [7, 11) is 0. The maximum Gasteiger partial charge on any atom is 2.00 e. The maximum atomic E-state index is 6.02. The Labute approximate surface area is 228 Å². The zero-order chi connectivity index (χ0) is 23.9. The van der Waals surface area contributed by atoms with Crippen LogP contribution in [-0.2, 0) is 21.1 Å². The van der Waals surface area contributed by atoms with Crippen LogP contribution < -0.4 is 9.80 Å². The van der Waals surface area contributed by atoms with E-state index in [9.17, 15) is 0 Å². The van der Waals surface area contributed by atoms with Crippen molar-refractivity contribution in [3.05, 3.63) is 122 Å². The van der Waals surface area contributed by atoms with E-state index < -0.39 is 0 Å². The molecule has 0 spiro atoms. The number of hydrogen-bond donors (Lipinski definition) is 0. The molecular formula is C30H18N4O2Pt. The fourth-order valence-corrected chi connectivity index (χ4v) is 4.31. The third-order valence-corrected chi connectivity index (χ3v) is 5.99. The fraction of sp³-hybridized carbons (Fsp3) is 0. The number of hydrogen-bond acceptors (Lipinski definition) is 6. The molecule has 3 heterocycles. The Morgan fingerprint density at radius 2 is 0.946 bits per heavy atom. The summed E-state index contributed by atoms with van der Waals surface area (Å²) in [6.45, 7) is 0. The quantitative estimate of drug-likeness (QED) is 0.176. The Morgan fingerprint density at radius 1 is 0.514 bits per heavy atom. The van der Waals surface area contributed by atoms with Gasteiger partial charge in [-0.2, -0.15) is 0 Å². The summed E-state index contributed by atoms with van der Waals surface area (Å²) in [5.41, 5.74) is 6.26. The standard InChI is InChI=1S/C30H18N4O2.Pt/c1-3-11-23(12-4-1)33-25-15-7-9-21(17-25)28-20-36-30(32-28)34(24-13-5-2-6-14-24)26-16-8-10-22(18-26)27-19-35-29(33)31-27;/h1-16,19-20H;/q-2;+2. The molecule has 0 saturated carbocycles. The second-order valence-electron chi connectivity index (χ2n) is 8.27. The van der Waals surface area contributed by atoms with Gasteiger partial charge in [-0.1, -0.05) is 36.4 Å². The minimum absolute atomic E-state index is 0. The summed E-state index contributed by atoms with van der Waals surface area (Å²) in [6.07, 6.45) is 3.31. The van der Waals surface area contributed by atoms with E-state index in [1.165, 1.54) is 0 Å². The van der Waals surface area contributed by atoms with Crippen molar-refractivity contribution < 1.29 is 29.9 Å². The predicted molar refractivity (Wildman–Crippen MR) is 138 cm³/mol. The second-order valence-corrected chi connectivity index (χ2v) is 8.27. The molecule has 7 heteroatoms. The van der Waals surface area contributed by atoms with Crippen LogP contribution in [0.3, 0.4) is 0 Å². The first kappa shape index (κ1) is 23.0. The Bertz CT molecular complexity index is 1540. The smallest absolute Gasteiger partial charge is 0.442 e. The van der Waals surface area contributed by atoms with E-state index in [0.717, 1.165) is 33.9 Å². The van der Waals surface area contributed by atoms with Crippen molar-refractivity contribution in [1.29, 1.82) is 0 Å². The topological polar surface area (TPSA) is 58.5 Å². The molecule has 0 aliphatic carbocycles. The van der Waals surface area contributed by atoms with E-state index in [2.05, 4.69) is 12.1 Å². The summed E-state index contributed by atoms with van der Waals surface area (Å²) in [5.74, 6) is 0. The predicted octanol–water partition coefficient (Wildman–Crippen LogP) is 7.85. The summed E-state index contributed by atoms with van der Waals surface area (Å²) in [5, 5.41) is 0. The number of fused-ring (bicyclic) bond motifs is 10. The minimum Gasteiger partial charge on any atom is -0.442 e. The number of oxazole rings is 2. The van der Waals surface area contributed by atoms with Crippen molar-refractivity contribution in [2.24, 2.45) is 0 Å². The molecule has 8 bridgehead atoms. The van der Waals surface area contributed by atoms with Crippen molar-refractivity contribution in [1.82, 2.24) is 9.97 Å². The van der Waals surface area contributed by atoms with Gasteiger partial charge in [-0.3, -0.25) is 9.80 Å². The number of anilines is 6. The van der Waals surface area contributed by atoms with Crippen molar-refractivity contribution >= 4 is 34.8 Å². The first-order valence-corrected chi connectivity index (χ1v) is 11.5. The third kappa shape index (κ3) is 4.15. The Hall–Kier alpha value is -4.41. The van der Waals surface area contributed by atoms with Crippen LogP contribution in [0.4, 0.5) is 34.8 Å². The Kier molecular flexibility index (Phi) is 5.95. The van der Waals surface area contributed by atoms with Crippen LogP contribution in [0.15, 0.2) is 118 Å². The molecule has 6 nitrogen and oxygen atoms in total. The SMILES string of the molecule is [Pt+2].[c-]1c2cccc1N(c1ccccc1)c1nc(co1)-c1[c-]c(ccc1)N(c1ccccc1)c1nc-2co1. The van der Waals surface area contributed by atoms with E-state index in [1.807, 2.05) is 107 Å². The van der Waals surface area contributed by atoms with Crippen LogP contribution >= 0.6 is 0 Å². The van der Waals surface area contributed by atoms with E-state index in [1.54, 1.807) is 12.5 Å². The first-order valence-electron chi connectivity index (χ1n) is 11.5. The molecule has 7 rings (SSSR count). The molecule has 0 saturated heterocycles. The molecule has 1 aliphatic rings. The maximum absolute atomic E-state index is 6.02. The number of aromatic nitrogens is 2. The van der Waals surface area contributed by atoms with Crippen LogP contribution in [-0.4, -0.2) is 9.97 Å². The normalized spacial score (nSPS) is 12.0. The van der Waals surface area contributed by atoms with Gasteiger partial charge >= 0.3 is 21.1 Å². The average molecular weight is 662 g/mol. The monoisotopic (exact) mass is 661 g/mol. The molecule has 0 N–H and O–H groups in total. The number of benzene rings is 4. The molecule has 0 radical (unpaired) electrons. The summed E-state index contributed by atoms with van der Waals surface area (Å²) < 4.78 is 12.0. The van der Waals surface area contributed by atoms with E-state index in [4.69, 9.17) is 18.8 Å². The molecule has 6 aromatic rings. The second kappa shape index (κ2) is 9.56. The Morgan fingerprint density at radius 3 is 1.38 bits per heavy atom. The molecule has 180 valence electrons. The van der Waals surface area contributed by atoms with Gasteiger partial charge in [0.25, 0.3) is 12.0 Å². The zero-order valence-electron chi connectivity index (χ0n) is 19.3. The van der Waals surface area contributed by atoms with Gasteiger partial charge in [0.15, 0.2) is 0 Å². The first-order chi connectivity index (χ1) is 17.8. The largest absolute Gasteiger partial charge is 2.00 e. The summed E-state index contributed by atoms with van der Waals surface area (Å²) >= 11 is 0. The van der Waals surface area contributed by atoms with Gasteiger partial charge in [-0.15, -0.1) is 59.7 Å². The van der Waals surface area contributed by atoms with Gasteiger partial charge in [-0.05, 0) is 35.6 Å². The molecule has 37 heavy (non-hydrogen) atoms. The number of para-hydroxylation sites is 2. The van der Waals surface area contributed by atoms with Crippen molar-refractivity contribution in [2.75, 3.05) is 9.80 Å². The minimum atomic E-state index is 0. The van der Waals surface area contributed by atoms with Crippen molar-refractivity contribution in [3.63, 3.8) is 0 Å². The summed E-state index contributed by atoms with van der Waals surface area (Å²) in [6, 6.07) is 39.5. The van der Waals surface area contributed by atoms with E-state index >= 15 is 0 Å². The van der Waals surface area contributed by atoms with Crippen LogP contribution in [0, 0.1) is 12.1 Å². The van der Waals surface area contributed by atoms with Gasteiger partial charge in [0.1, 0.15) is 0 Å². The third-order valence-electron chi connectivity index (χ3n) is 5.99. The molecule has 0 fully saturated rings. The van der Waals surface area contributed by atoms with Crippen LogP contribution in [0.25, 0.3) is 22.5 Å². The van der Waals surface area contributed by atoms with E-state index in [-0.39, 0.29) is 21.1 Å². The number of rotatable bonds is 2.